The normalized spacial score (nSPS) is 10.5. The smallest absolute Gasteiger partial charge is 0.186 e. The van der Waals surface area contributed by atoms with Crippen LogP contribution in [-0.4, -0.2) is 18.1 Å². The molecule has 3 heteroatoms. The molecule has 0 spiro atoms. The molecular formula is C14H18N2S. The molecule has 2 rings (SSSR count). The Morgan fingerprint density at radius 1 is 1.12 bits per heavy atom. The van der Waals surface area contributed by atoms with Gasteiger partial charge in [-0.1, -0.05) is 30.3 Å². The van der Waals surface area contributed by atoms with Crippen LogP contribution in [0.25, 0.3) is 11.3 Å². The Bertz CT molecular complexity index is 472. The fraction of sp³-hybridized carbons (Fsp3) is 0.357. The summed E-state index contributed by atoms with van der Waals surface area (Å²) in [5.41, 5.74) is 2.33. The van der Waals surface area contributed by atoms with Crippen LogP contribution >= 0.6 is 11.3 Å². The number of benzene rings is 1. The van der Waals surface area contributed by atoms with Crippen molar-refractivity contribution in [1.29, 1.82) is 0 Å². The molecule has 1 heterocycles. The third-order valence-corrected chi connectivity index (χ3v) is 3.90. The van der Waals surface area contributed by atoms with Crippen LogP contribution in [0.15, 0.2) is 30.3 Å². The van der Waals surface area contributed by atoms with Crippen molar-refractivity contribution in [3.05, 3.63) is 35.2 Å². The Morgan fingerprint density at radius 3 is 2.35 bits per heavy atom. The van der Waals surface area contributed by atoms with Gasteiger partial charge in [-0.25, -0.2) is 4.98 Å². The van der Waals surface area contributed by atoms with Crippen molar-refractivity contribution in [2.75, 3.05) is 18.0 Å². The maximum absolute atomic E-state index is 4.77. The van der Waals surface area contributed by atoms with Gasteiger partial charge in [0.2, 0.25) is 0 Å². The molecule has 2 aromatic rings. The summed E-state index contributed by atoms with van der Waals surface area (Å²) in [4.78, 5) is 8.35. The number of thiazole rings is 1. The lowest BCUT2D eigenvalue weighted by molar-refractivity contribution is 0.860. The standard InChI is InChI=1S/C14H18N2S/c1-4-16(5-2)14-15-13(11(3)17-14)12-9-7-6-8-10-12/h6-10H,4-5H2,1-3H3. The highest BCUT2D eigenvalue weighted by molar-refractivity contribution is 7.16. The summed E-state index contributed by atoms with van der Waals surface area (Å²) >= 11 is 1.78. The second-order valence-electron chi connectivity index (χ2n) is 3.94. The predicted molar refractivity (Wildman–Crippen MR) is 75.8 cm³/mol. The van der Waals surface area contributed by atoms with Crippen molar-refractivity contribution in [1.82, 2.24) is 4.98 Å². The van der Waals surface area contributed by atoms with Gasteiger partial charge in [-0.2, -0.15) is 0 Å². The molecule has 0 unspecified atom stereocenters. The van der Waals surface area contributed by atoms with Gasteiger partial charge in [0.1, 0.15) is 0 Å². The molecule has 1 aromatic carbocycles. The molecule has 0 N–H and O–H groups in total. The molecular weight excluding hydrogens is 228 g/mol. The van der Waals surface area contributed by atoms with Gasteiger partial charge in [0.05, 0.1) is 5.69 Å². The summed E-state index contributed by atoms with van der Waals surface area (Å²) < 4.78 is 0. The molecule has 0 amide bonds. The molecule has 0 bridgehead atoms. The van der Waals surface area contributed by atoms with E-state index in [1.807, 2.05) is 6.07 Å². The molecule has 0 saturated carbocycles. The number of rotatable bonds is 4. The Hall–Kier alpha value is -1.35. The van der Waals surface area contributed by atoms with Crippen LogP contribution in [-0.2, 0) is 0 Å². The fourth-order valence-corrected chi connectivity index (χ4v) is 2.93. The highest BCUT2D eigenvalue weighted by Gasteiger charge is 2.12. The summed E-state index contributed by atoms with van der Waals surface area (Å²) in [5.74, 6) is 0. The molecule has 0 aliphatic heterocycles. The molecule has 17 heavy (non-hydrogen) atoms. The highest BCUT2D eigenvalue weighted by Crippen LogP contribution is 2.32. The van der Waals surface area contributed by atoms with E-state index < -0.39 is 0 Å². The van der Waals surface area contributed by atoms with Crippen LogP contribution in [0.2, 0.25) is 0 Å². The Balaban J connectivity index is 2.37. The van der Waals surface area contributed by atoms with E-state index in [1.54, 1.807) is 11.3 Å². The van der Waals surface area contributed by atoms with Crippen LogP contribution in [0.5, 0.6) is 0 Å². The number of hydrogen-bond donors (Lipinski definition) is 0. The van der Waals surface area contributed by atoms with Gasteiger partial charge < -0.3 is 4.90 Å². The maximum atomic E-state index is 4.77. The molecule has 0 fully saturated rings. The first-order valence-corrected chi connectivity index (χ1v) is 6.85. The lowest BCUT2D eigenvalue weighted by Gasteiger charge is -2.16. The lowest BCUT2D eigenvalue weighted by Crippen LogP contribution is -2.21. The van der Waals surface area contributed by atoms with Gasteiger partial charge in [-0.15, -0.1) is 11.3 Å². The SMILES string of the molecule is CCN(CC)c1nc(-c2ccccc2)c(C)s1. The number of aryl methyl sites for hydroxylation is 1. The van der Waals surface area contributed by atoms with Crippen LogP contribution in [0.1, 0.15) is 18.7 Å². The minimum absolute atomic E-state index is 1.01. The lowest BCUT2D eigenvalue weighted by atomic mass is 10.1. The van der Waals surface area contributed by atoms with Crippen molar-refractivity contribution in [2.24, 2.45) is 0 Å². The van der Waals surface area contributed by atoms with Crippen molar-refractivity contribution in [3.63, 3.8) is 0 Å². The van der Waals surface area contributed by atoms with Gasteiger partial charge in [0.25, 0.3) is 0 Å². The number of aromatic nitrogens is 1. The maximum Gasteiger partial charge on any atom is 0.186 e. The number of hydrogen-bond acceptors (Lipinski definition) is 3. The first-order chi connectivity index (χ1) is 8.26. The zero-order valence-electron chi connectivity index (χ0n) is 10.6. The first-order valence-electron chi connectivity index (χ1n) is 6.04. The molecule has 90 valence electrons. The van der Waals surface area contributed by atoms with Crippen molar-refractivity contribution < 1.29 is 0 Å². The summed E-state index contributed by atoms with van der Waals surface area (Å²) in [7, 11) is 0. The predicted octanol–water partition coefficient (Wildman–Crippen LogP) is 3.96. The Kier molecular flexibility index (Phi) is 3.79. The van der Waals surface area contributed by atoms with Gasteiger partial charge in [-0.3, -0.25) is 0 Å². The molecule has 0 saturated heterocycles. The molecule has 0 radical (unpaired) electrons. The molecule has 0 aliphatic carbocycles. The Morgan fingerprint density at radius 2 is 1.76 bits per heavy atom. The van der Waals surface area contributed by atoms with E-state index in [2.05, 4.69) is 49.9 Å². The van der Waals surface area contributed by atoms with Crippen molar-refractivity contribution in [2.45, 2.75) is 20.8 Å². The average Bonchev–Trinajstić information content (AvgIpc) is 2.74. The van der Waals surface area contributed by atoms with Crippen LogP contribution in [0, 0.1) is 6.92 Å². The molecule has 0 atom stereocenters. The van der Waals surface area contributed by atoms with E-state index >= 15 is 0 Å². The molecule has 2 nitrogen and oxygen atoms in total. The van der Waals surface area contributed by atoms with E-state index in [0.29, 0.717) is 0 Å². The third kappa shape index (κ3) is 2.50. The largest absolute Gasteiger partial charge is 0.349 e. The van der Waals surface area contributed by atoms with Gasteiger partial charge >= 0.3 is 0 Å². The van der Waals surface area contributed by atoms with E-state index in [1.165, 1.54) is 10.4 Å². The Labute approximate surface area is 107 Å². The summed E-state index contributed by atoms with van der Waals surface area (Å²) in [6.07, 6.45) is 0. The van der Waals surface area contributed by atoms with Crippen LogP contribution in [0.3, 0.4) is 0 Å². The van der Waals surface area contributed by atoms with Crippen LogP contribution in [0.4, 0.5) is 5.13 Å². The van der Waals surface area contributed by atoms with Crippen molar-refractivity contribution in [3.8, 4) is 11.3 Å². The topological polar surface area (TPSA) is 16.1 Å². The quantitative estimate of drug-likeness (QED) is 0.811. The second kappa shape index (κ2) is 5.32. The average molecular weight is 246 g/mol. The van der Waals surface area contributed by atoms with E-state index in [0.717, 1.165) is 23.9 Å². The zero-order valence-corrected chi connectivity index (χ0v) is 11.4. The van der Waals surface area contributed by atoms with Gasteiger partial charge in [0, 0.05) is 23.5 Å². The first kappa shape index (κ1) is 12.1. The highest BCUT2D eigenvalue weighted by atomic mass is 32.1. The monoisotopic (exact) mass is 246 g/mol. The van der Waals surface area contributed by atoms with Crippen LogP contribution < -0.4 is 4.90 Å². The molecule has 0 aliphatic rings. The van der Waals surface area contributed by atoms with Crippen molar-refractivity contribution >= 4 is 16.5 Å². The summed E-state index contributed by atoms with van der Waals surface area (Å²) in [6.45, 7) is 8.51. The van der Waals surface area contributed by atoms with E-state index in [-0.39, 0.29) is 0 Å². The zero-order chi connectivity index (χ0) is 12.3. The minimum atomic E-state index is 1.01. The minimum Gasteiger partial charge on any atom is -0.349 e. The number of anilines is 1. The summed E-state index contributed by atoms with van der Waals surface area (Å²) in [5, 5.41) is 1.13. The van der Waals surface area contributed by atoms with E-state index in [9.17, 15) is 0 Å². The molecule has 1 aromatic heterocycles. The fourth-order valence-electron chi connectivity index (χ4n) is 1.88. The second-order valence-corrected chi connectivity index (χ2v) is 5.12. The van der Waals surface area contributed by atoms with Gasteiger partial charge in [-0.05, 0) is 20.8 Å². The van der Waals surface area contributed by atoms with Gasteiger partial charge in [0.15, 0.2) is 5.13 Å². The summed E-state index contributed by atoms with van der Waals surface area (Å²) in [6, 6.07) is 10.4. The van der Waals surface area contributed by atoms with E-state index in [4.69, 9.17) is 4.98 Å². The third-order valence-electron chi connectivity index (χ3n) is 2.87. The number of nitrogens with zero attached hydrogens (tertiary/aromatic N) is 2.